The first-order valence-corrected chi connectivity index (χ1v) is 5.14. The number of carbonyl (C=O) groups is 1. The molecule has 1 aromatic rings. The second-order valence-electron chi connectivity index (χ2n) is 3.03. The molecule has 0 atom stereocenters. The molecular weight excluding hydrogens is 212 g/mol. The number of rotatable bonds is 5. The van der Waals surface area contributed by atoms with Gasteiger partial charge in [0.2, 0.25) is 0 Å². The van der Waals surface area contributed by atoms with Crippen LogP contribution in [0, 0.1) is 0 Å². The van der Waals surface area contributed by atoms with E-state index in [4.69, 9.17) is 9.47 Å². The van der Waals surface area contributed by atoms with Gasteiger partial charge in [0.05, 0.1) is 12.2 Å². The summed E-state index contributed by atoms with van der Waals surface area (Å²) < 4.78 is 9.88. The molecule has 0 aromatic heterocycles. The summed E-state index contributed by atoms with van der Waals surface area (Å²) >= 11 is 4.15. The highest BCUT2D eigenvalue weighted by molar-refractivity contribution is 7.80. The molecule has 0 saturated heterocycles. The monoisotopic (exact) mass is 226 g/mol. The van der Waals surface area contributed by atoms with Crippen LogP contribution in [0.1, 0.15) is 16.8 Å². The van der Waals surface area contributed by atoms with E-state index in [0.29, 0.717) is 25.2 Å². The number of carbonyl (C=O) groups excluding carboxylic acids is 1. The molecule has 0 aliphatic carbocycles. The molecule has 0 aliphatic rings. The first kappa shape index (κ1) is 12.1. The largest absolute Gasteiger partial charge is 0.462 e. The van der Waals surface area contributed by atoms with Crippen molar-refractivity contribution in [2.24, 2.45) is 0 Å². The molecule has 1 aromatic carbocycles. The third-order valence-electron chi connectivity index (χ3n) is 1.81. The lowest BCUT2D eigenvalue weighted by atomic mass is 10.2. The Morgan fingerprint density at radius 2 is 2.20 bits per heavy atom. The summed E-state index contributed by atoms with van der Waals surface area (Å²) in [7, 11) is 1.62. The Morgan fingerprint density at radius 1 is 1.40 bits per heavy atom. The minimum absolute atomic E-state index is 0.318. The minimum atomic E-state index is -0.318. The van der Waals surface area contributed by atoms with E-state index >= 15 is 0 Å². The summed E-state index contributed by atoms with van der Waals surface area (Å²) in [5.41, 5.74) is 0.528. The van der Waals surface area contributed by atoms with Gasteiger partial charge in [0.15, 0.2) is 0 Å². The van der Waals surface area contributed by atoms with Gasteiger partial charge < -0.3 is 9.47 Å². The van der Waals surface area contributed by atoms with E-state index in [9.17, 15) is 4.79 Å². The summed E-state index contributed by atoms with van der Waals surface area (Å²) in [5, 5.41) is 0. The van der Waals surface area contributed by atoms with Gasteiger partial charge in [-0.15, -0.1) is 12.6 Å². The van der Waals surface area contributed by atoms with Crippen molar-refractivity contribution < 1.29 is 14.3 Å². The quantitative estimate of drug-likeness (QED) is 0.475. The van der Waals surface area contributed by atoms with E-state index in [2.05, 4.69) is 12.6 Å². The maximum atomic E-state index is 11.5. The fraction of sp³-hybridized carbons (Fsp3) is 0.364. The van der Waals surface area contributed by atoms with Crippen LogP contribution in [0.2, 0.25) is 0 Å². The zero-order valence-corrected chi connectivity index (χ0v) is 9.50. The highest BCUT2D eigenvalue weighted by Gasteiger charge is 2.06. The summed E-state index contributed by atoms with van der Waals surface area (Å²) in [6.45, 7) is 0.976. The first-order chi connectivity index (χ1) is 7.24. The maximum Gasteiger partial charge on any atom is 0.338 e. The molecule has 3 nitrogen and oxygen atoms in total. The van der Waals surface area contributed by atoms with Crippen molar-refractivity contribution in [3.63, 3.8) is 0 Å². The Labute approximate surface area is 94.8 Å². The maximum absolute atomic E-state index is 11.5. The molecule has 0 heterocycles. The molecule has 0 unspecified atom stereocenters. The van der Waals surface area contributed by atoms with Crippen LogP contribution < -0.4 is 0 Å². The minimum Gasteiger partial charge on any atom is -0.462 e. The summed E-state index contributed by atoms with van der Waals surface area (Å²) in [6.07, 6.45) is 0.711. The van der Waals surface area contributed by atoms with Crippen LogP contribution in [0.5, 0.6) is 0 Å². The SMILES string of the molecule is COCCCOC(=O)c1cccc(S)c1. The highest BCUT2D eigenvalue weighted by Crippen LogP contribution is 2.09. The molecule has 0 amide bonds. The number of methoxy groups -OCH3 is 1. The first-order valence-electron chi connectivity index (χ1n) is 4.69. The molecule has 0 fully saturated rings. The summed E-state index contributed by atoms with van der Waals surface area (Å²) in [5.74, 6) is -0.318. The third-order valence-corrected chi connectivity index (χ3v) is 2.09. The zero-order valence-electron chi connectivity index (χ0n) is 8.60. The Hall–Kier alpha value is -1.00. The summed E-state index contributed by atoms with van der Waals surface area (Å²) in [4.78, 5) is 12.2. The van der Waals surface area contributed by atoms with Crippen LogP contribution in [0.4, 0.5) is 0 Å². The molecule has 0 spiro atoms. The molecule has 0 bridgehead atoms. The van der Waals surface area contributed by atoms with Crippen molar-refractivity contribution in [2.45, 2.75) is 11.3 Å². The van der Waals surface area contributed by atoms with Crippen molar-refractivity contribution in [3.05, 3.63) is 29.8 Å². The van der Waals surface area contributed by atoms with Crippen molar-refractivity contribution >= 4 is 18.6 Å². The molecule has 1 rings (SSSR count). The Balaban J connectivity index is 2.40. The van der Waals surface area contributed by atoms with E-state index in [0.717, 1.165) is 4.90 Å². The Kier molecular flexibility index (Phi) is 5.21. The fourth-order valence-corrected chi connectivity index (χ4v) is 1.31. The molecule has 0 radical (unpaired) electrons. The molecule has 0 saturated carbocycles. The van der Waals surface area contributed by atoms with Gasteiger partial charge in [-0.05, 0) is 18.2 Å². The van der Waals surface area contributed by atoms with Crippen LogP contribution >= 0.6 is 12.6 Å². The number of hydrogen-bond donors (Lipinski definition) is 1. The van der Waals surface area contributed by atoms with Gasteiger partial charge in [0, 0.05) is 25.0 Å². The van der Waals surface area contributed by atoms with Gasteiger partial charge in [-0.1, -0.05) is 6.07 Å². The number of hydrogen-bond acceptors (Lipinski definition) is 4. The van der Waals surface area contributed by atoms with Gasteiger partial charge in [-0.3, -0.25) is 0 Å². The van der Waals surface area contributed by atoms with Crippen LogP contribution in [0.25, 0.3) is 0 Å². The van der Waals surface area contributed by atoms with Gasteiger partial charge >= 0.3 is 5.97 Å². The average Bonchev–Trinajstić information content (AvgIpc) is 2.24. The second-order valence-corrected chi connectivity index (χ2v) is 3.55. The zero-order chi connectivity index (χ0) is 11.1. The lowest BCUT2D eigenvalue weighted by Crippen LogP contribution is -2.07. The number of esters is 1. The third kappa shape index (κ3) is 4.36. The van der Waals surface area contributed by atoms with Gasteiger partial charge in [-0.25, -0.2) is 4.79 Å². The highest BCUT2D eigenvalue weighted by atomic mass is 32.1. The van der Waals surface area contributed by atoms with E-state index in [1.165, 1.54) is 0 Å². The molecule has 15 heavy (non-hydrogen) atoms. The molecule has 82 valence electrons. The van der Waals surface area contributed by atoms with E-state index in [1.54, 1.807) is 25.3 Å². The number of thiol groups is 1. The smallest absolute Gasteiger partial charge is 0.338 e. The average molecular weight is 226 g/mol. The van der Waals surface area contributed by atoms with Crippen molar-refractivity contribution in [1.29, 1.82) is 0 Å². The fourth-order valence-electron chi connectivity index (χ4n) is 1.08. The van der Waals surface area contributed by atoms with Crippen molar-refractivity contribution in [1.82, 2.24) is 0 Å². The van der Waals surface area contributed by atoms with Gasteiger partial charge in [0.1, 0.15) is 0 Å². The lowest BCUT2D eigenvalue weighted by Gasteiger charge is -2.04. The number of benzene rings is 1. The van der Waals surface area contributed by atoms with Gasteiger partial charge in [0.25, 0.3) is 0 Å². The molecule has 0 aliphatic heterocycles. The topological polar surface area (TPSA) is 35.5 Å². The Bertz CT molecular complexity index is 325. The molecule has 4 heteroatoms. The van der Waals surface area contributed by atoms with Crippen LogP contribution in [-0.2, 0) is 9.47 Å². The van der Waals surface area contributed by atoms with Crippen molar-refractivity contribution in [3.8, 4) is 0 Å². The molecule has 0 N–H and O–H groups in total. The predicted molar refractivity (Wildman–Crippen MR) is 60.5 cm³/mol. The predicted octanol–water partition coefficient (Wildman–Crippen LogP) is 2.17. The van der Waals surface area contributed by atoms with Crippen LogP contribution in [0.3, 0.4) is 0 Å². The van der Waals surface area contributed by atoms with E-state index in [-0.39, 0.29) is 5.97 Å². The summed E-state index contributed by atoms with van der Waals surface area (Å²) in [6, 6.07) is 6.97. The van der Waals surface area contributed by atoms with E-state index in [1.807, 2.05) is 6.07 Å². The standard InChI is InChI=1S/C11H14O3S/c1-13-6-3-7-14-11(12)9-4-2-5-10(15)8-9/h2,4-5,8,15H,3,6-7H2,1H3. The van der Waals surface area contributed by atoms with Crippen LogP contribution in [-0.4, -0.2) is 26.3 Å². The normalized spacial score (nSPS) is 10.0. The van der Waals surface area contributed by atoms with Crippen molar-refractivity contribution in [2.75, 3.05) is 20.3 Å². The lowest BCUT2D eigenvalue weighted by molar-refractivity contribution is 0.0468. The number of ether oxygens (including phenoxy) is 2. The van der Waals surface area contributed by atoms with Crippen LogP contribution in [0.15, 0.2) is 29.2 Å². The second kappa shape index (κ2) is 6.48. The molecular formula is C11H14O3S. The Morgan fingerprint density at radius 3 is 2.87 bits per heavy atom. The van der Waals surface area contributed by atoms with Gasteiger partial charge in [-0.2, -0.15) is 0 Å². The van der Waals surface area contributed by atoms with E-state index < -0.39 is 0 Å².